The van der Waals surface area contributed by atoms with E-state index in [9.17, 15) is 13.2 Å². The third-order valence-corrected chi connectivity index (χ3v) is 2.19. The molecule has 0 amide bonds. The molecule has 1 aromatic carbocycles. The Kier molecular flexibility index (Phi) is 2.46. The summed E-state index contributed by atoms with van der Waals surface area (Å²) in [5.74, 6) is 0.179. The Morgan fingerprint density at radius 1 is 1.19 bits per heavy atom. The summed E-state index contributed by atoms with van der Waals surface area (Å²) < 4.78 is 42.5. The lowest BCUT2D eigenvalue weighted by atomic mass is 10.2. The van der Waals surface area contributed by atoms with Gasteiger partial charge in [-0.3, -0.25) is 0 Å². The zero-order chi connectivity index (χ0) is 11.8. The van der Waals surface area contributed by atoms with Gasteiger partial charge in [-0.15, -0.1) is 0 Å². The lowest BCUT2D eigenvalue weighted by molar-refractivity contribution is -0.141. The summed E-state index contributed by atoms with van der Waals surface area (Å²) in [6.07, 6.45) is -4.46. The van der Waals surface area contributed by atoms with E-state index in [1.165, 1.54) is 13.2 Å². The number of pyridine rings is 1. The van der Waals surface area contributed by atoms with Crippen molar-refractivity contribution in [2.45, 2.75) is 6.18 Å². The molecule has 2 rings (SSSR count). The topological polar surface area (TPSA) is 22.1 Å². The lowest BCUT2D eigenvalue weighted by Gasteiger charge is -2.10. The number of hydrogen-bond donors (Lipinski definition) is 0. The predicted molar refractivity (Wildman–Crippen MR) is 53.3 cm³/mol. The van der Waals surface area contributed by atoms with Gasteiger partial charge in [0.25, 0.3) is 0 Å². The molecule has 0 N–H and O–H groups in total. The Morgan fingerprint density at radius 3 is 2.50 bits per heavy atom. The molecule has 0 bridgehead atoms. The van der Waals surface area contributed by atoms with Crippen molar-refractivity contribution < 1.29 is 17.9 Å². The fourth-order valence-electron chi connectivity index (χ4n) is 1.46. The van der Waals surface area contributed by atoms with E-state index in [1.54, 1.807) is 18.2 Å². The SMILES string of the molecule is COc1cc(C(F)(F)F)nc2ccccc12. The summed E-state index contributed by atoms with van der Waals surface area (Å²) in [5, 5.41) is 0.568. The average molecular weight is 227 g/mol. The van der Waals surface area contributed by atoms with Crippen molar-refractivity contribution in [1.29, 1.82) is 0 Å². The van der Waals surface area contributed by atoms with Crippen LogP contribution in [0.15, 0.2) is 30.3 Å². The third kappa shape index (κ3) is 1.80. The third-order valence-electron chi connectivity index (χ3n) is 2.19. The first kappa shape index (κ1) is 10.7. The molecule has 1 aromatic heterocycles. The van der Waals surface area contributed by atoms with Crippen LogP contribution in [0.25, 0.3) is 10.9 Å². The number of fused-ring (bicyclic) bond motifs is 1. The van der Waals surface area contributed by atoms with Gasteiger partial charge in [0.15, 0.2) is 0 Å². The highest BCUT2D eigenvalue weighted by Gasteiger charge is 2.33. The quantitative estimate of drug-likeness (QED) is 0.745. The van der Waals surface area contributed by atoms with E-state index in [0.717, 1.165) is 6.07 Å². The molecule has 84 valence electrons. The number of hydrogen-bond acceptors (Lipinski definition) is 2. The molecule has 16 heavy (non-hydrogen) atoms. The molecule has 0 radical (unpaired) electrons. The van der Waals surface area contributed by atoms with Crippen molar-refractivity contribution >= 4 is 10.9 Å². The first-order valence-corrected chi connectivity index (χ1v) is 4.53. The number of nitrogens with zero attached hydrogens (tertiary/aromatic N) is 1. The highest BCUT2D eigenvalue weighted by atomic mass is 19.4. The highest BCUT2D eigenvalue weighted by molar-refractivity contribution is 5.85. The minimum Gasteiger partial charge on any atom is -0.496 e. The van der Waals surface area contributed by atoms with Crippen LogP contribution in [-0.4, -0.2) is 12.1 Å². The molecule has 0 saturated carbocycles. The van der Waals surface area contributed by atoms with Crippen LogP contribution in [0.3, 0.4) is 0 Å². The van der Waals surface area contributed by atoms with Crippen molar-refractivity contribution in [3.05, 3.63) is 36.0 Å². The summed E-state index contributed by atoms with van der Waals surface area (Å²) in [6.45, 7) is 0. The molecule has 0 aliphatic carbocycles. The number of aromatic nitrogens is 1. The predicted octanol–water partition coefficient (Wildman–Crippen LogP) is 3.26. The van der Waals surface area contributed by atoms with Gasteiger partial charge in [-0.2, -0.15) is 13.2 Å². The largest absolute Gasteiger partial charge is 0.496 e. The second-order valence-electron chi connectivity index (χ2n) is 3.22. The molecular formula is C11H8F3NO. The summed E-state index contributed by atoms with van der Waals surface area (Å²) >= 11 is 0. The number of para-hydroxylation sites is 1. The monoisotopic (exact) mass is 227 g/mol. The molecular weight excluding hydrogens is 219 g/mol. The summed E-state index contributed by atoms with van der Waals surface area (Å²) in [4.78, 5) is 3.55. The molecule has 5 heteroatoms. The van der Waals surface area contributed by atoms with Crippen molar-refractivity contribution in [3.63, 3.8) is 0 Å². The maximum atomic E-state index is 12.5. The first-order valence-electron chi connectivity index (χ1n) is 4.53. The Balaban J connectivity index is 2.73. The average Bonchev–Trinajstić information content (AvgIpc) is 2.26. The number of methoxy groups -OCH3 is 1. The van der Waals surface area contributed by atoms with Gasteiger partial charge in [0.1, 0.15) is 11.4 Å². The Bertz CT molecular complexity index is 522. The van der Waals surface area contributed by atoms with Crippen LogP contribution in [0, 0.1) is 0 Å². The van der Waals surface area contributed by atoms with Gasteiger partial charge in [-0.05, 0) is 12.1 Å². The second-order valence-corrected chi connectivity index (χ2v) is 3.22. The standard InChI is InChI=1S/C11H8F3NO/c1-16-9-6-10(11(12,13)14)15-8-5-3-2-4-7(8)9/h2-6H,1H3. The smallest absolute Gasteiger partial charge is 0.433 e. The van der Waals surface area contributed by atoms with E-state index in [4.69, 9.17) is 4.74 Å². The molecule has 0 spiro atoms. The second kappa shape index (κ2) is 3.66. The van der Waals surface area contributed by atoms with Gasteiger partial charge in [-0.25, -0.2) is 4.98 Å². The van der Waals surface area contributed by atoms with E-state index < -0.39 is 11.9 Å². The van der Waals surface area contributed by atoms with Crippen LogP contribution in [0.4, 0.5) is 13.2 Å². The molecule has 0 aliphatic rings. The van der Waals surface area contributed by atoms with Gasteiger partial charge < -0.3 is 4.74 Å². The van der Waals surface area contributed by atoms with Crippen molar-refractivity contribution in [3.8, 4) is 5.75 Å². The Hall–Kier alpha value is -1.78. The molecule has 0 atom stereocenters. The van der Waals surface area contributed by atoms with Gasteiger partial charge in [0.05, 0.1) is 12.6 Å². The molecule has 2 aromatic rings. The van der Waals surface area contributed by atoms with E-state index >= 15 is 0 Å². The molecule has 2 nitrogen and oxygen atoms in total. The summed E-state index contributed by atoms with van der Waals surface area (Å²) in [7, 11) is 1.34. The number of halogens is 3. The molecule has 0 unspecified atom stereocenters. The number of ether oxygens (including phenoxy) is 1. The summed E-state index contributed by atoms with van der Waals surface area (Å²) in [5.41, 5.74) is -0.669. The number of alkyl halides is 3. The fraction of sp³-hybridized carbons (Fsp3) is 0.182. The fourth-order valence-corrected chi connectivity index (χ4v) is 1.46. The molecule has 0 fully saturated rings. The van der Waals surface area contributed by atoms with Crippen LogP contribution in [-0.2, 0) is 6.18 Å². The number of benzene rings is 1. The van der Waals surface area contributed by atoms with E-state index in [-0.39, 0.29) is 11.3 Å². The van der Waals surface area contributed by atoms with Crippen LogP contribution in [0.5, 0.6) is 5.75 Å². The Morgan fingerprint density at radius 2 is 1.88 bits per heavy atom. The normalized spacial score (nSPS) is 11.8. The van der Waals surface area contributed by atoms with Crippen molar-refractivity contribution in [1.82, 2.24) is 4.98 Å². The van der Waals surface area contributed by atoms with Crippen molar-refractivity contribution in [2.75, 3.05) is 7.11 Å². The number of rotatable bonds is 1. The molecule has 0 saturated heterocycles. The maximum Gasteiger partial charge on any atom is 0.433 e. The van der Waals surface area contributed by atoms with E-state index in [2.05, 4.69) is 4.98 Å². The van der Waals surface area contributed by atoms with Crippen LogP contribution < -0.4 is 4.74 Å². The van der Waals surface area contributed by atoms with Crippen LogP contribution in [0.1, 0.15) is 5.69 Å². The van der Waals surface area contributed by atoms with Crippen molar-refractivity contribution in [2.24, 2.45) is 0 Å². The van der Waals surface area contributed by atoms with E-state index in [0.29, 0.717) is 5.39 Å². The molecule has 1 heterocycles. The zero-order valence-corrected chi connectivity index (χ0v) is 8.38. The van der Waals surface area contributed by atoms with Crippen LogP contribution >= 0.6 is 0 Å². The maximum absolute atomic E-state index is 12.5. The minimum absolute atomic E-state index is 0.179. The van der Waals surface area contributed by atoms with Gasteiger partial charge in [0, 0.05) is 11.5 Å². The molecule has 0 aliphatic heterocycles. The Labute approximate surface area is 89.7 Å². The van der Waals surface area contributed by atoms with Crippen LogP contribution in [0.2, 0.25) is 0 Å². The van der Waals surface area contributed by atoms with Gasteiger partial charge in [0.2, 0.25) is 0 Å². The summed E-state index contributed by atoms with van der Waals surface area (Å²) in [6, 6.07) is 7.45. The van der Waals surface area contributed by atoms with Gasteiger partial charge in [-0.1, -0.05) is 12.1 Å². The highest BCUT2D eigenvalue weighted by Crippen LogP contribution is 2.33. The zero-order valence-electron chi connectivity index (χ0n) is 8.38. The van der Waals surface area contributed by atoms with Gasteiger partial charge >= 0.3 is 6.18 Å². The lowest BCUT2D eigenvalue weighted by Crippen LogP contribution is -2.08. The minimum atomic E-state index is -4.46. The van der Waals surface area contributed by atoms with E-state index in [1.807, 2.05) is 0 Å². The first-order chi connectivity index (χ1) is 7.52.